The van der Waals surface area contributed by atoms with E-state index in [1.807, 2.05) is 12.1 Å². The molecule has 1 aromatic carbocycles. The van der Waals surface area contributed by atoms with E-state index in [0.29, 0.717) is 25.1 Å². The third-order valence-corrected chi connectivity index (χ3v) is 1.95. The highest BCUT2D eigenvalue weighted by Gasteiger charge is 1.98. The van der Waals surface area contributed by atoms with Gasteiger partial charge in [-0.1, -0.05) is 6.07 Å². The molecule has 0 aliphatic carbocycles. The lowest BCUT2D eigenvalue weighted by Gasteiger charge is -2.06. The van der Waals surface area contributed by atoms with E-state index in [0.717, 1.165) is 5.75 Å². The number of nitrogens with two attached hydrogens (primary N) is 1. The molecule has 0 aliphatic heterocycles. The number of benzene rings is 1. The third kappa shape index (κ3) is 4.35. The quantitative estimate of drug-likeness (QED) is 0.564. The van der Waals surface area contributed by atoms with Crippen LogP contribution in [0.1, 0.15) is 12.8 Å². The van der Waals surface area contributed by atoms with Crippen LogP contribution in [0.15, 0.2) is 24.3 Å². The molecule has 0 atom stereocenters. The minimum Gasteiger partial charge on any atom is -0.494 e. The molecular weight excluding hydrogens is 192 g/mol. The zero-order valence-corrected chi connectivity index (χ0v) is 8.82. The van der Waals surface area contributed by atoms with Crippen LogP contribution >= 0.6 is 0 Å². The van der Waals surface area contributed by atoms with Gasteiger partial charge in [-0.15, -0.1) is 0 Å². The molecule has 0 saturated carbocycles. The molecule has 4 nitrogen and oxygen atoms in total. The number of hydrogen-bond acceptors (Lipinski definition) is 3. The highest BCUT2D eigenvalue weighted by atomic mass is 16.5. The van der Waals surface area contributed by atoms with Gasteiger partial charge in [-0.05, 0) is 18.6 Å². The molecule has 0 saturated heterocycles. The van der Waals surface area contributed by atoms with Crippen LogP contribution in [0.3, 0.4) is 0 Å². The van der Waals surface area contributed by atoms with E-state index in [1.54, 1.807) is 19.2 Å². The van der Waals surface area contributed by atoms with Gasteiger partial charge in [-0.2, -0.15) is 0 Å². The molecule has 0 spiro atoms. The lowest BCUT2D eigenvalue weighted by molar-refractivity contribution is -0.120. The number of rotatable bonds is 5. The normalized spacial score (nSPS) is 9.67. The largest absolute Gasteiger partial charge is 0.494 e. The van der Waals surface area contributed by atoms with Gasteiger partial charge in [0.1, 0.15) is 5.75 Å². The Bertz CT molecular complexity index is 326. The Hall–Kier alpha value is -1.71. The summed E-state index contributed by atoms with van der Waals surface area (Å²) in [6, 6.07) is 7.25. The molecule has 82 valence electrons. The molecule has 0 heterocycles. The molecule has 1 amide bonds. The summed E-state index contributed by atoms with van der Waals surface area (Å²) >= 11 is 0. The number of amides is 1. The number of ether oxygens (including phenoxy) is 1. The van der Waals surface area contributed by atoms with E-state index in [4.69, 9.17) is 10.5 Å². The van der Waals surface area contributed by atoms with Crippen molar-refractivity contribution in [3.63, 3.8) is 0 Å². The average Bonchev–Trinajstić information content (AvgIpc) is 2.24. The van der Waals surface area contributed by atoms with E-state index in [-0.39, 0.29) is 5.91 Å². The maximum absolute atomic E-state index is 10.9. The van der Waals surface area contributed by atoms with Crippen molar-refractivity contribution >= 4 is 11.6 Å². The first-order valence-corrected chi connectivity index (χ1v) is 4.91. The lowest BCUT2D eigenvalue weighted by atomic mass is 10.3. The van der Waals surface area contributed by atoms with Crippen molar-refractivity contribution in [1.29, 1.82) is 0 Å². The van der Waals surface area contributed by atoms with Crippen LogP contribution in [0.25, 0.3) is 0 Å². The molecule has 0 bridgehead atoms. The van der Waals surface area contributed by atoms with Gasteiger partial charge in [0.15, 0.2) is 0 Å². The first-order valence-electron chi connectivity index (χ1n) is 4.91. The zero-order valence-electron chi connectivity index (χ0n) is 8.82. The van der Waals surface area contributed by atoms with E-state index in [2.05, 4.69) is 5.32 Å². The topological polar surface area (TPSA) is 64.3 Å². The Balaban J connectivity index is 2.23. The van der Waals surface area contributed by atoms with Crippen LogP contribution < -0.4 is 15.8 Å². The molecule has 0 unspecified atom stereocenters. The van der Waals surface area contributed by atoms with E-state index >= 15 is 0 Å². The Labute approximate surface area is 89.4 Å². The van der Waals surface area contributed by atoms with Crippen LogP contribution in [0.2, 0.25) is 0 Å². The molecule has 1 rings (SSSR count). The number of carbonyl (C=O) groups is 1. The first kappa shape index (κ1) is 11.4. The SMILES string of the molecule is CNC(=O)CCCOc1cccc(N)c1. The number of nitrogen functional groups attached to an aromatic ring is 1. The Morgan fingerprint density at radius 2 is 2.33 bits per heavy atom. The molecular formula is C11H16N2O2. The molecule has 15 heavy (non-hydrogen) atoms. The highest BCUT2D eigenvalue weighted by Crippen LogP contribution is 2.14. The van der Waals surface area contributed by atoms with Crippen molar-refractivity contribution in [3.8, 4) is 5.75 Å². The fraction of sp³-hybridized carbons (Fsp3) is 0.364. The lowest BCUT2D eigenvalue weighted by Crippen LogP contribution is -2.18. The maximum atomic E-state index is 10.9. The zero-order chi connectivity index (χ0) is 11.1. The number of anilines is 1. The Kier molecular flexibility index (Phi) is 4.47. The number of carbonyl (C=O) groups excluding carboxylic acids is 1. The fourth-order valence-corrected chi connectivity index (χ4v) is 1.15. The van der Waals surface area contributed by atoms with Gasteiger partial charge in [0.05, 0.1) is 6.61 Å². The summed E-state index contributed by atoms with van der Waals surface area (Å²) in [5.41, 5.74) is 6.27. The maximum Gasteiger partial charge on any atom is 0.219 e. The van der Waals surface area contributed by atoms with Gasteiger partial charge in [0.2, 0.25) is 5.91 Å². The van der Waals surface area contributed by atoms with Gasteiger partial charge >= 0.3 is 0 Å². The summed E-state index contributed by atoms with van der Waals surface area (Å²) < 4.78 is 5.42. The standard InChI is InChI=1S/C11H16N2O2/c1-13-11(14)6-3-7-15-10-5-2-4-9(12)8-10/h2,4-5,8H,3,6-7,12H2,1H3,(H,13,14). The third-order valence-electron chi connectivity index (χ3n) is 1.95. The van der Waals surface area contributed by atoms with Crippen molar-refractivity contribution in [2.45, 2.75) is 12.8 Å². The van der Waals surface area contributed by atoms with Crippen LogP contribution in [0.5, 0.6) is 5.75 Å². The van der Waals surface area contributed by atoms with Gasteiger partial charge in [0, 0.05) is 25.2 Å². The summed E-state index contributed by atoms with van der Waals surface area (Å²) in [5, 5.41) is 2.56. The summed E-state index contributed by atoms with van der Waals surface area (Å²) in [4.78, 5) is 10.9. The Morgan fingerprint density at radius 1 is 1.53 bits per heavy atom. The van der Waals surface area contributed by atoms with Crippen LogP contribution in [0.4, 0.5) is 5.69 Å². The van der Waals surface area contributed by atoms with Crippen molar-refractivity contribution in [3.05, 3.63) is 24.3 Å². The van der Waals surface area contributed by atoms with Crippen molar-refractivity contribution in [1.82, 2.24) is 5.32 Å². The van der Waals surface area contributed by atoms with Crippen LogP contribution in [-0.4, -0.2) is 19.6 Å². The molecule has 1 aromatic rings. The van der Waals surface area contributed by atoms with Gasteiger partial charge in [-0.25, -0.2) is 0 Å². The second-order valence-electron chi connectivity index (χ2n) is 3.20. The van der Waals surface area contributed by atoms with Crippen LogP contribution in [-0.2, 0) is 4.79 Å². The molecule has 0 aromatic heterocycles. The fourth-order valence-electron chi connectivity index (χ4n) is 1.15. The summed E-state index contributed by atoms with van der Waals surface area (Å²) in [6.07, 6.45) is 1.19. The predicted molar refractivity (Wildman–Crippen MR) is 59.7 cm³/mol. The van der Waals surface area contributed by atoms with E-state index in [9.17, 15) is 4.79 Å². The summed E-state index contributed by atoms with van der Waals surface area (Å²) in [5.74, 6) is 0.776. The highest BCUT2D eigenvalue weighted by molar-refractivity contribution is 5.75. The van der Waals surface area contributed by atoms with Crippen molar-refractivity contribution in [2.24, 2.45) is 0 Å². The molecule has 4 heteroatoms. The molecule has 0 radical (unpaired) electrons. The van der Waals surface area contributed by atoms with Crippen molar-refractivity contribution < 1.29 is 9.53 Å². The van der Waals surface area contributed by atoms with Gasteiger partial charge in [0.25, 0.3) is 0 Å². The van der Waals surface area contributed by atoms with E-state index < -0.39 is 0 Å². The number of hydrogen-bond donors (Lipinski definition) is 2. The second-order valence-corrected chi connectivity index (χ2v) is 3.20. The van der Waals surface area contributed by atoms with Crippen molar-refractivity contribution in [2.75, 3.05) is 19.4 Å². The van der Waals surface area contributed by atoms with E-state index in [1.165, 1.54) is 0 Å². The summed E-state index contributed by atoms with van der Waals surface area (Å²) in [6.45, 7) is 0.525. The number of nitrogens with one attached hydrogen (secondary N) is 1. The second kappa shape index (κ2) is 5.90. The van der Waals surface area contributed by atoms with Gasteiger partial charge in [-0.3, -0.25) is 4.79 Å². The summed E-state index contributed by atoms with van der Waals surface area (Å²) in [7, 11) is 1.63. The smallest absolute Gasteiger partial charge is 0.219 e. The van der Waals surface area contributed by atoms with Crippen LogP contribution in [0, 0.1) is 0 Å². The average molecular weight is 208 g/mol. The molecule has 3 N–H and O–H groups in total. The monoisotopic (exact) mass is 208 g/mol. The Morgan fingerprint density at radius 3 is 3.00 bits per heavy atom. The minimum absolute atomic E-state index is 0.0335. The van der Waals surface area contributed by atoms with Gasteiger partial charge < -0.3 is 15.8 Å². The first-order chi connectivity index (χ1) is 7.22. The molecule has 0 aliphatic rings. The predicted octanol–water partition coefficient (Wildman–Crippen LogP) is 1.17. The molecule has 0 fully saturated rings. The minimum atomic E-state index is 0.0335.